The average Bonchev–Trinajstić information content (AvgIpc) is 3.12. The lowest BCUT2D eigenvalue weighted by Crippen LogP contribution is -2.34. The number of aliphatic carboxylic acids is 1. The molecule has 0 bridgehead atoms. The van der Waals surface area contributed by atoms with E-state index in [2.05, 4.69) is 10.1 Å². The van der Waals surface area contributed by atoms with E-state index in [1.165, 1.54) is 28.2 Å². The fourth-order valence-electron chi connectivity index (χ4n) is 2.21. The second-order valence-corrected chi connectivity index (χ2v) is 6.43. The monoisotopic (exact) mass is 351 g/mol. The van der Waals surface area contributed by atoms with Gasteiger partial charge < -0.3 is 10.2 Å². The highest BCUT2D eigenvalue weighted by molar-refractivity contribution is 7.19. The number of carboxylic acids is 1. The predicted molar refractivity (Wildman–Crippen MR) is 85.7 cm³/mol. The molecule has 0 atom stereocenters. The van der Waals surface area contributed by atoms with Crippen LogP contribution in [-0.2, 0) is 4.79 Å². The predicted octanol–water partition coefficient (Wildman–Crippen LogP) is 1.72. The zero-order chi connectivity index (χ0) is 16.6. The molecule has 2 N–H and O–H groups in total. The third-order valence-corrected chi connectivity index (χ3v) is 4.46. The van der Waals surface area contributed by atoms with Crippen LogP contribution in [0.5, 0.6) is 0 Å². The molecule has 23 heavy (non-hydrogen) atoms. The van der Waals surface area contributed by atoms with Crippen molar-refractivity contribution in [3.63, 3.8) is 0 Å². The minimum absolute atomic E-state index is 0.0786. The molecule has 3 heterocycles. The highest BCUT2D eigenvalue weighted by Crippen LogP contribution is 2.31. The maximum absolute atomic E-state index is 12.4. The normalized spacial score (nSPS) is 12.6. The first-order valence-electron chi connectivity index (χ1n) is 6.54. The minimum atomic E-state index is -1.07. The van der Waals surface area contributed by atoms with Gasteiger partial charge in [-0.1, -0.05) is 11.6 Å². The quantitative estimate of drug-likeness (QED) is 0.741. The Morgan fingerprint density at radius 1 is 1.30 bits per heavy atom. The molecule has 3 rings (SSSR count). The number of hydrogen-bond acceptors (Lipinski definition) is 6. The van der Waals surface area contributed by atoms with E-state index in [0.29, 0.717) is 15.5 Å². The zero-order valence-electron chi connectivity index (χ0n) is 11.6. The van der Waals surface area contributed by atoms with E-state index < -0.39 is 11.4 Å². The number of thiophene rings is 1. The van der Waals surface area contributed by atoms with E-state index >= 15 is 0 Å². The van der Waals surface area contributed by atoms with Crippen LogP contribution < -0.4 is 10.8 Å². The second-order valence-electron chi connectivity index (χ2n) is 4.71. The lowest BCUT2D eigenvalue weighted by molar-refractivity contribution is -0.136. The minimum Gasteiger partial charge on any atom is -0.510 e. The molecule has 118 valence electrons. The summed E-state index contributed by atoms with van der Waals surface area (Å²) in [7, 11) is 0. The van der Waals surface area contributed by atoms with Crippen molar-refractivity contribution in [1.29, 1.82) is 0 Å². The van der Waals surface area contributed by atoms with Crippen LogP contribution in [0, 0.1) is 0 Å². The Morgan fingerprint density at radius 2 is 2.09 bits per heavy atom. The van der Waals surface area contributed by atoms with Crippen molar-refractivity contribution < 1.29 is 15.0 Å². The lowest BCUT2D eigenvalue weighted by Gasteiger charge is -2.03. The molecule has 0 aliphatic rings. The summed E-state index contributed by atoms with van der Waals surface area (Å²) in [5.74, 6) is -1.40. The van der Waals surface area contributed by atoms with Crippen LogP contribution in [0.1, 0.15) is 12.8 Å². The summed E-state index contributed by atoms with van der Waals surface area (Å²) in [4.78, 5) is 27.9. The summed E-state index contributed by atoms with van der Waals surface area (Å²) in [5, 5.41) is 22.7. The molecule has 3 aromatic heterocycles. The molecular weight excluding hydrogens is 342 g/mol. The van der Waals surface area contributed by atoms with Crippen LogP contribution in [-0.4, -0.2) is 30.8 Å². The number of aliphatic hydroxyl groups is 1. The van der Waals surface area contributed by atoms with Gasteiger partial charge >= 0.3 is 5.97 Å². The number of hydrogen-bond donors (Lipinski definition) is 2. The van der Waals surface area contributed by atoms with Crippen molar-refractivity contribution in [2.24, 2.45) is 0 Å². The van der Waals surface area contributed by atoms with Gasteiger partial charge in [0, 0.05) is 22.9 Å². The van der Waals surface area contributed by atoms with Gasteiger partial charge in [0.15, 0.2) is 11.0 Å². The zero-order valence-corrected chi connectivity index (χ0v) is 13.1. The third-order valence-electron chi connectivity index (χ3n) is 3.20. The SMILES string of the molecule is O=C(O)CC/C(O)=c1\c(=O)cc(-c2ccc(Cl)s2)c2ncnn12. The van der Waals surface area contributed by atoms with Gasteiger partial charge in [-0.25, -0.2) is 9.50 Å². The van der Waals surface area contributed by atoms with Crippen LogP contribution >= 0.6 is 22.9 Å². The summed E-state index contributed by atoms with van der Waals surface area (Å²) in [6.45, 7) is 0. The number of aliphatic hydroxyl groups excluding tert-OH is 1. The molecule has 0 aliphatic carbocycles. The molecule has 0 spiro atoms. The Balaban J connectivity index is 2.25. The Labute approximate surface area is 138 Å². The van der Waals surface area contributed by atoms with Crippen molar-refractivity contribution in [1.82, 2.24) is 14.6 Å². The molecule has 0 unspecified atom stereocenters. The van der Waals surface area contributed by atoms with Gasteiger partial charge in [-0.15, -0.1) is 11.3 Å². The summed E-state index contributed by atoms with van der Waals surface area (Å²) in [5.41, 5.74) is 0.476. The molecule has 9 heteroatoms. The molecule has 0 aliphatic heterocycles. The van der Waals surface area contributed by atoms with E-state index in [4.69, 9.17) is 16.7 Å². The summed E-state index contributed by atoms with van der Waals surface area (Å²) >= 11 is 7.22. The van der Waals surface area contributed by atoms with Crippen LogP contribution in [0.2, 0.25) is 4.34 Å². The Morgan fingerprint density at radius 3 is 2.74 bits per heavy atom. The van der Waals surface area contributed by atoms with Gasteiger partial charge in [0.2, 0.25) is 5.43 Å². The van der Waals surface area contributed by atoms with Crippen molar-refractivity contribution in [2.45, 2.75) is 12.8 Å². The first-order valence-corrected chi connectivity index (χ1v) is 7.73. The molecular formula is C14H10ClN3O4S. The maximum atomic E-state index is 12.4. The van der Waals surface area contributed by atoms with Crippen molar-refractivity contribution in [2.75, 3.05) is 0 Å². The Hall–Kier alpha value is -2.45. The second kappa shape index (κ2) is 5.98. The van der Waals surface area contributed by atoms with E-state index in [1.807, 2.05) is 0 Å². The Bertz CT molecular complexity index is 1010. The van der Waals surface area contributed by atoms with Crippen LogP contribution in [0.25, 0.3) is 21.8 Å². The van der Waals surface area contributed by atoms with Crippen molar-refractivity contribution in [3.05, 3.63) is 44.4 Å². The first-order chi connectivity index (χ1) is 11.0. The molecule has 0 saturated heterocycles. The van der Waals surface area contributed by atoms with E-state index in [9.17, 15) is 14.7 Å². The number of aromatic nitrogens is 3. The molecule has 0 amide bonds. The van der Waals surface area contributed by atoms with Crippen LogP contribution in [0.4, 0.5) is 0 Å². The number of halogens is 1. The highest BCUT2D eigenvalue weighted by Gasteiger charge is 2.14. The van der Waals surface area contributed by atoms with Gasteiger partial charge in [0.25, 0.3) is 0 Å². The number of rotatable bonds is 4. The summed E-state index contributed by atoms with van der Waals surface area (Å²) < 4.78 is 1.80. The van der Waals surface area contributed by atoms with E-state index in [-0.39, 0.29) is 23.9 Å². The smallest absolute Gasteiger partial charge is 0.303 e. The molecule has 0 fully saturated rings. The standard InChI is InChI=1S/C14H10ClN3O4S/c15-11-3-2-10(23-11)7-5-9(20)13(8(19)1-4-12(21)22)18-14(7)16-6-17-18/h2-3,5-6,19H,1,4H2,(H,21,22)/b13-8-. The van der Waals surface area contributed by atoms with Crippen LogP contribution in [0.3, 0.4) is 0 Å². The van der Waals surface area contributed by atoms with E-state index in [1.54, 1.807) is 12.1 Å². The number of fused-ring (bicyclic) bond motifs is 1. The number of carbonyl (C=O) groups is 1. The van der Waals surface area contributed by atoms with Gasteiger partial charge in [0.05, 0.1) is 10.8 Å². The highest BCUT2D eigenvalue weighted by atomic mass is 35.5. The van der Waals surface area contributed by atoms with Crippen LogP contribution in [0.15, 0.2) is 29.3 Å². The topological polar surface area (TPSA) is 105 Å². The van der Waals surface area contributed by atoms with Gasteiger partial charge in [-0.05, 0) is 12.1 Å². The number of nitrogens with zero attached hydrogens (tertiary/aromatic N) is 3. The van der Waals surface area contributed by atoms with Gasteiger partial charge in [0.1, 0.15) is 12.1 Å². The fourth-order valence-corrected chi connectivity index (χ4v) is 3.26. The largest absolute Gasteiger partial charge is 0.510 e. The van der Waals surface area contributed by atoms with Crippen molar-refractivity contribution >= 4 is 40.3 Å². The summed E-state index contributed by atoms with van der Waals surface area (Å²) in [6.07, 6.45) is 0.814. The third kappa shape index (κ3) is 2.90. The fraction of sp³-hybridized carbons (Fsp3) is 0.143. The first kappa shape index (κ1) is 15.4. The maximum Gasteiger partial charge on any atom is 0.303 e. The molecule has 0 saturated carbocycles. The summed E-state index contributed by atoms with van der Waals surface area (Å²) in [6, 6.07) is 4.83. The van der Waals surface area contributed by atoms with Gasteiger partial charge in [-0.2, -0.15) is 5.10 Å². The van der Waals surface area contributed by atoms with Gasteiger partial charge in [-0.3, -0.25) is 9.59 Å². The Kier molecular flexibility index (Phi) is 4.01. The van der Waals surface area contributed by atoms with E-state index in [0.717, 1.165) is 4.88 Å². The number of carboxylic acid groups (broad SMARTS) is 1. The molecule has 7 nitrogen and oxygen atoms in total. The molecule has 0 radical (unpaired) electrons. The average molecular weight is 352 g/mol. The molecule has 3 aromatic rings. The van der Waals surface area contributed by atoms with Crippen molar-refractivity contribution in [3.8, 4) is 10.4 Å². The number of pyridine rings is 1. The molecule has 0 aromatic carbocycles. The lowest BCUT2D eigenvalue weighted by atomic mass is 10.2.